The standard InChI is InChI=1S/C24H31N3O/c1-18-19(2)25-24-9-6-21(16-23(18)24)17-27-14-12-26(13-15-27)11-10-20-4-7-22(28-3)8-5-20/h4-9,16,25H,10-15,17H2,1-3H3. The molecular formula is C24H31N3O. The summed E-state index contributed by atoms with van der Waals surface area (Å²) in [4.78, 5) is 8.64. The summed E-state index contributed by atoms with van der Waals surface area (Å²) in [5.74, 6) is 0.931. The van der Waals surface area contributed by atoms with Crippen molar-refractivity contribution in [3.05, 3.63) is 64.8 Å². The van der Waals surface area contributed by atoms with Crippen molar-refractivity contribution in [3.63, 3.8) is 0 Å². The lowest BCUT2D eigenvalue weighted by Gasteiger charge is -2.34. The lowest BCUT2D eigenvalue weighted by molar-refractivity contribution is 0.128. The number of rotatable bonds is 6. The summed E-state index contributed by atoms with van der Waals surface area (Å²) in [6, 6.07) is 15.3. The number of nitrogens with one attached hydrogen (secondary N) is 1. The van der Waals surface area contributed by atoms with Crippen molar-refractivity contribution in [1.82, 2.24) is 14.8 Å². The number of H-pyrrole nitrogens is 1. The highest BCUT2D eigenvalue weighted by Crippen LogP contribution is 2.23. The van der Waals surface area contributed by atoms with Gasteiger partial charge in [0.2, 0.25) is 0 Å². The minimum atomic E-state index is 0.931. The summed E-state index contributed by atoms with van der Waals surface area (Å²) in [6.07, 6.45) is 1.10. The van der Waals surface area contributed by atoms with E-state index in [2.05, 4.69) is 71.1 Å². The van der Waals surface area contributed by atoms with E-state index >= 15 is 0 Å². The largest absolute Gasteiger partial charge is 0.497 e. The third-order valence-electron chi connectivity index (χ3n) is 6.12. The Bertz CT molecular complexity index is 921. The fraction of sp³-hybridized carbons (Fsp3) is 0.417. The molecule has 1 aromatic heterocycles. The fourth-order valence-corrected chi connectivity index (χ4v) is 4.12. The Hall–Kier alpha value is -2.30. The van der Waals surface area contributed by atoms with Crippen LogP contribution < -0.4 is 4.74 Å². The van der Waals surface area contributed by atoms with Gasteiger partial charge in [-0.05, 0) is 61.2 Å². The lowest BCUT2D eigenvalue weighted by Crippen LogP contribution is -2.46. The Morgan fingerprint density at radius 1 is 0.893 bits per heavy atom. The molecule has 1 N–H and O–H groups in total. The first-order chi connectivity index (χ1) is 13.6. The quantitative estimate of drug-likeness (QED) is 0.700. The summed E-state index contributed by atoms with van der Waals surface area (Å²) in [7, 11) is 1.72. The molecule has 0 amide bonds. The molecule has 0 saturated carbocycles. The fourth-order valence-electron chi connectivity index (χ4n) is 4.12. The average molecular weight is 378 g/mol. The molecule has 1 saturated heterocycles. The number of aryl methyl sites for hydroxylation is 2. The van der Waals surface area contributed by atoms with Crippen LogP contribution >= 0.6 is 0 Å². The van der Waals surface area contributed by atoms with Crippen LogP contribution in [0.2, 0.25) is 0 Å². The molecule has 3 aromatic rings. The predicted molar refractivity (Wildman–Crippen MR) is 116 cm³/mol. The second-order valence-electron chi connectivity index (χ2n) is 7.97. The van der Waals surface area contributed by atoms with Crippen LogP contribution in [0.15, 0.2) is 42.5 Å². The summed E-state index contributed by atoms with van der Waals surface area (Å²) in [5, 5.41) is 1.37. The molecule has 2 heterocycles. The van der Waals surface area contributed by atoms with Gasteiger partial charge in [0.1, 0.15) is 5.75 Å². The molecule has 4 heteroatoms. The van der Waals surface area contributed by atoms with E-state index in [-0.39, 0.29) is 0 Å². The second-order valence-corrected chi connectivity index (χ2v) is 7.97. The predicted octanol–water partition coefficient (Wildman–Crippen LogP) is 4.15. The van der Waals surface area contributed by atoms with Gasteiger partial charge in [0.25, 0.3) is 0 Å². The Morgan fingerprint density at radius 2 is 1.57 bits per heavy atom. The van der Waals surface area contributed by atoms with Crippen molar-refractivity contribution in [3.8, 4) is 5.75 Å². The average Bonchev–Trinajstić information content (AvgIpc) is 3.01. The maximum absolute atomic E-state index is 5.24. The van der Waals surface area contributed by atoms with Crippen LogP contribution in [-0.4, -0.2) is 54.6 Å². The first kappa shape index (κ1) is 19.0. The maximum Gasteiger partial charge on any atom is 0.118 e. The molecule has 1 aliphatic heterocycles. The van der Waals surface area contributed by atoms with E-state index in [0.717, 1.165) is 51.4 Å². The number of nitrogens with zero attached hydrogens (tertiary/aromatic N) is 2. The highest BCUT2D eigenvalue weighted by atomic mass is 16.5. The zero-order valence-electron chi connectivity index (χ0n) is 17.3. The topological polar surface area (TPSA) is 31.5 Å². The molecule has 1 aliphatic rings. The van der Waals surface area contributed by atoms with Gasteiger partial charge in [0.05, 0.1) is 7.11 Å². The number of aromatic amines is 1. The van der Waals surface area contributed by atoms with Gasteiger partial charge in [-0.2, -0.15) is 0 Å². The van der Waals surface area contributed by atoms with E-state index in [1.807, 2.05) is 0 Å². The molecule has 0 aliphatic carbocycles. The molecule has 1 fully saturated rings. The Balaban J connectivity index is 1.27. The summed E-state index contributed by atoms with van der Waals surface area (Å²) in [5.41, 5.74) is 6.70. The van der Waals surface area contributed by atoms with Crippen LogP contribution in [0.5, 0.6) is 5.75 Å². The van der Waals surface area contributed by atoms with Crippen molar-refractivity contribution < 1.29 is 4.74 Å². The molecule has 148 valence electrons. The van der Waals surface area contributed by atoms with Gasteiger partial charge in [-0.3, -0.25) is 4.90 Å². The molecule has 2 aromatic carbocycles. The molecule has 0 atom stereocenters. The van der Waals surface area contributed by atoms with Gasteiger partial charge in [-0.25, -0.2) is 0 Å². The monoisotopic (exact) mass is 377 g/mol. The van der Waals surface area contributed by atoms with Crippen LogP contribution in [0.25, 0.3) is 10.9 Å². The van der Waals surface area contributed by atoms with Gasteiger partial charge in [0, 0.05) is 55.9 Å². The summed E-state index contributed by atoms with van der Waals surface area (Å²) in [6.45, 7) is 11.1. The molecule has 0 unspecified atom stereocenters. The van der Waals surface area contributed by atoms with Gasteiger partial charge in [-0.1, -0.05) is 18.2 Å². The normalized spacial score (nSPS) is 16.0. The number of fused-ring (bicyclic) bond motifs is 1. The molecule has 0 bridgehead atoms. The van der Waals surface area contributed by atoms with E-state index in [1.165, 1.54) is 33.3 Å². The van der Waals surface area contributed by atoms with Crippen molar-refractivity contribution in [2.24, 2.45) is 0 Å². The summed E-state index contributed by atoms with van der Waals surface area (Å²) < 4.78 is 5.24. The van der Waals surface area contributed by atoms with Crippen molar-refractivity contribution in [2.75, 3.05) is 39.8 Å². The molecule has 0 radical (unpaired) electrons. The minimum absolute atomic E-state index is 0.931. The smallest absolute Gasteiger partial charge is 0.118 e. The first-order valence-electron chi connectivity index (χ1n) is 10.3. The van der Waals surface area contributed by atoms with Gasteiger partial charge in [-0.15, -0.1) is 0 Å². The van der Waals surface area contributed by atoms with Crippen LogP contribution in [0.4, 0.5) is 0 Å². The number of methoxy groups -OCH3 is 1. The van der Waals surface area contributed by atoms with Crippen LogP contribution in [0.3, 0.4) is 0 Å². The van der Waals surface area contributed by atoms with E-state index in [4.69, 9.17) is 4.74 Å². The van der Waals surface area contributed by atoms with E-state index in [9.17, 15) is 0 Å². The van der Waals surface area contributed by atoms with E-state index in [1.54, 1.807) is 7.11 Å². The molecular weight excluding hydrogens is 346 g/mol. The summed E-state index contributed by atoms with van der Waals surface area (Å²) >= 11 is 0. The first-order valence-corrected chi connectivity index (χ1v) is 10.3. The second kappa shape index (κ2) is 8.38. The SMILES string of the molecule is COc1ccc(CCN2CCN(Cc3ccc4[nH]c(C)c(C)c4c3)CC2)cc1. The van der Waals surface area contributed by atoms with Crippen LogP contribution in [0.1, 0.15) is 22.4 Å². The van der Waals surface area contributed by atoms with Gasteiger partial charge >= 0.3 is 0 Å². The van der Waals surface area contributed by atoms with E-state index < -0.39 is 0 Å². The van der Waals surface area contributed by atoms with Crippen LogP contribution in [0, 0.1) is 13.8 Å². The van der Waals surface area contributed by atoms with Crippen molar-refractivity contribution in [1.29, 1.82) is 0 Å². The zero-order chi connectivity index (χ0) is 19.5. The maximum atomic E-state index is 5.24. The highest BCUT2D eigenvalue weighted by Gasteiger charge is 2.17. The number of piperazine rings is 1. The number of hydrogen-bond donors (Lipinski definition) is 1. The Labute approximate surface area is 168 Å². The van der Waals surface area contributed by atoms with Crippen molar-refractivity contribution in [2.45, 2.75) is 26.8 Å². The number of hydrogen-bond acceptors (Lipinski definition) is 3. The zero-order valence-corrected chi connectivity index (χ0v) is 17.3. The number of aromatic nitrogens is 1. The Kier molecular flexibility index (Phi) is 5.69. The molecule has 0 spiro atoms. The third kappa shape index (κ3) is 4.23. The number of ether oxygens (including phenoxy) is 1. The van der Waals surface area contributed by atoms with Gasteiger partial charge < -0.3 is 14.6 Å². The Morgan fingerprint density at radius 3 is 2.29 bits per heavy atom. The number of benzene rings is 2. The third-order valence-corrected chi connectivity index (χ3v) is 6.12. The van der Waals surface area contributed by atoms with Gasteiger partial charge in [0.15, 0.2) is 0 Å². The molecule has 4 nitrogen and oxygen atoms in total. The minimum Gasteiger partial charge on any atom is -0.497 e. The van der Waals surface area contributed by atoms with Crippen LogP contribution in [-0.2, 0) is 13.0 Å². The lowest BCUT2D eigenvalue weighted by atomic mass is 10.1. The highest BCUT2D eigenvalue weighted by molar-refractivity contribution is 5.84. The van der Waals surface area contributed by atoms with Crippen molar-refractivity contribution >= 4 is 10.9 Å². The van der Waals surface area contributed by atoms with E-state index in [0.29, 0.717) is 0 Å². The molecule has 28 heavy (non-hydrogen) atoms. The molecule has 4 rings (SSSR count).